The number of hydrogen-bond acceptors (Lipinski definition) is 5. The van der Waals surface area contributed by atoms with Crippen LogP contribution < -0.4 is 16.6 Å². The number of thiophene rings is 1. The molecule has 0 bridgehead atoms. The Bertz CT molecular complexity index is 1280. The first-order chi connectivity index (χ1) is 15.4. The van der Waals surface area contributed by atoms with Gasteiger partial charge in [0.15, 0.2) is 0 Å². The van der Waals surface area contributed by atoms with E-state index in [-0.39, 0.29) is 18.1 Å². The van der Waals surface area contributed by atoms with E-state index in [0.29, 0.717) is 29.2 Å². The molecular formula is C25H26N4O2S. The lowest BCUT2D eigenvalue weighted by molar-refractivity contribution is -0.118. The molecule has 0 aliphatic rings. The van der Waals surface area contributed by atoms with Crippen LogP contribution in [0.4, 0.5) is 0 Å². The Morgan fingerprint density at radius 1 is 1.06 bits per heavy atom. The Morgan fingerprint density at radius 2 is 1.78 bits per heavy atom. The molecule has 1 atom stereocenters. The second kappa shape index (κ2) is 9.46. The Kier molecular flexibility index (Phi) is 6.48. The van der Waals surface area contributed by atoms with Crippen molar-refractivity contribution in [2.45, 2.75) is 38.9 Å². The molecule has 164 valence electrons. The molecule has 32 heavy (non-hydrogen) atoms. The third kappa shape index (κ3) is 4.64. The maximum atomic E-state index is 13.0. The molecular weight excluding hydrogens is 420 g/mol. The molecule has 0 fully saturated rings. The summed E-state index contributed by atoms with van der Waals surface area (Å²) in [7, 11) is 0. The third-order valence-electron chi connectivity index (χ3n) is 5.48. The zero-order valence-corrected chi connectivity index (χ0v) is 18.9. The minimum atomic E-state index is -0.579. The van der Waals surface area contributed by atoms with Crippen molar-refractivity contribution in [1.29, 1.82) is 0 Å². The molecule has 2 aromatic heterocycles. The van der Waals surface area contributed by atoms with Crippen molar-refractivity contribution in [2.75, 3.05) is 0 Å². The molecule has 0 aliphatic heterocycles. The van der Waals surface area contributed by atoms with Gasteiger partial charge in [-0.3, -0.25) is 19.5 Å². The Labute approximate surface area is 190 Å². The van der Waals surface area contributed by atoms with Gasteiger partial charge in [0.05, 0.1) is 23.5 Å². The predicted octanol–water partition coefficient (Wildman–Crippen LogP) is 3.95. The lowest BCUT2D eigenvalue weighted by Gasteiger charge is -2.20. The van der Waals surface area contributed by atoms with Crippen LogP contribution in [-0.2, 0) is 17.9 Å². The number of amides is 1. The largest absolute Gasteiger partial charge is 0.368 e. The minimum absolute atomic E-state index is 0.0680. The first-order valence-corrected chi connectivity index (χ1v) is 11.5. The second-order valence-corrected chi connectivity index (χ2v) is 9.03. The van der Waals surface area contributed by atoms with Crippen molar-refractivity contribution in [1.82, 2.24) is 14.9 Å². The van der Waals surface area contributed by atoms with Crippen LogP contribution in [-0.4, -0.2) is 15.5 Å². The smallest absolute Gasteiger partial charge is 0.261 e. The predicted molar refractivity (Wildman–Crippen MR) is 129 cm³/mol. The second-order valence-electron chi connectivity index (χ2n) is 8.05. The average Bonchev–Trinajstić information content (AvgIpc) is 3.31. The number of carbonyl (C=O) groups is 1. The summed E-state index contributed by atoms with van der Waals surface area (Å²) in [6.45, 7) is 4.45. The van der Waals surface area contributed by atoms with Gasteiger partial charge in [0.25, 0.3) is 5.56 Å². The Morgan fingerprint density at radius 3 is 2.44 bits per heavy atom. The van der Waals surface area contributed by atoms with Crippen LogP contribution in [0.3, 0.4) is 0 Å². The van der Waals surface area contributed by atoms with Gasteiger partial charge in [0.2, 0.25) is 5.91 Å². The zero-order chi connectivity index (χ0) is 22.7. The zero-order valence-electron chi connectivity index (χ0n) is 18.1. The van der Waals surface area contributed by atoms with E-state index in [9.17, 15) is 9.59 Å². The van der Waals surface area contributed by atoms with E-state index in [4.69, 9.17) is 5.73 Å². The molecule has 0 saturated heterocycles. The van der Waals surface area contributed by atoms with Crippen LogP contribution in [0.1, 0.15) is 47.6 Å². The molecule has 4 rings (SSSR count). The maximum Gasteiger partial charge on any atom is 0.261 e. The van der Waals surface area contributed by atoms with Crippen LogP contribution in [0, 0.1) is 0 Å². The summed E-state index contributed by atoms with van der Waals surface area (Å²) in [5.41, 5.74) is 8.17. The van der Waals surface area contributed by atoms with Crippen LogP contribution in [0.25, 0.3) is 10.9 Å². The number of aromatic nitrogens is 2. The topological polar surface area (TPSA) is 90.0 Å². The molecule has 1 amide bonds. The molecule has 4 aromatic rings. The van der Waals surface area contributed by atoms with Gasteiger partial charge in [-0.25, -0.2) is 4.98 Å². The number of carbonyl (C=O) groups excluding carboxylic acids is 1. The van der Waals surface area contributed by atoms with Crippen molar-refractivity contribution in [3.8, 4) is 0 Å². The van der Waals surface area contributed by atoms with Gasteiger partial charge in [-0.15, -0.1) is 11.3 Å². The highest BCUT2D eigenvalue weighted by molar-refractivity contribution is 7.10. The van der Waals surface area contributed by atoms with E-state index in [1.807, 2.05) is 17.5 Å². The maximum absolute atomic E-state index is 13.0. The van der Waals surface area contributed by atoms with Gasteiger partial charge in [-0.1, -0.05) is 56.3 Å². The van der Waals surface area contributed by atoms with E-state index in [2.05, 4.69) is 54.5 Å². The number of nitrogens with zero attached hydrogens (tertiary/aromatic N) is 2. The van der Waals surface area contributed by atoms with E-state index < -0.39 is 5.91 Å². The molecule has 0 aliphatic carbocycles. The number of nitrogens with one attached hydrogen (secondary N) is 1. The molecule has 1 unspecified atom stereocenters. The summed E-state index contributed by atoms with van der Waals surface area (Å²) in [6.07, 6.45) is 0. The molecule has 2 aromatic carbocycles. The standard InChI is InChI=1S/C25H26N4O2S/c1-16(2)17-9-11-18(12-10-17)24(21-8-5-13-32-21)27-14-23-28-20-7-4-3-6-19(20)25(31)29(23)15-22(26)30/h3-13,16,24,27H,14-15H2,1-2H3,(H2,26,30). The van der Waals surface area contributed by atoms with Crippen molar-refractivity contribution in [2.24, 2.45) is 5.73 Å². The highest BCUT2D eigenvalue weighted by atomic mass is 32.1. The van der Waals surface area contributed by atoms with Crippen molar-refractivity contribution >= 4 is 28.1 Å². The van der Waals surface area contributed by atoms with E-state index in [1.165, 1.54) is 10.1 Å². The van der Waals surface area contributed by atoms with Gasteiger partial charge in [0.1, 0.15) is 12.4 Å². The highest BCUT2D eigenvalue weighted by Gasteiger charge is 2.18. The lowest BCUT2D eigenvalue weighted by Crippen LogP contribution is -2.34. The molecule has 7 heteroatoms. The monoisotopic (exact) mass is 446 g/mol. The number of primary amides is 1. The van der Waals surface area contributed by atoms with Gasteiger partial charge < -0.3 is 5.73 Å². The van der Waals surface area contributed by atoms with Crippen molar-refractivity contribution < 1.29 is 4.79 Å². The van der Waals surface area contributed by atoms with Crippen LogP contribution in [0.5, 0.6) is 0 Å². The summed E-state index contributed by atoms with van der Waals surface area (Å²) in [6, 6.07) is 19.8. The van der Waals surface area contributed by atoms with Crippen LogP contribution >= 0.6 is 11.3 Å². The van der Waals surface area contributed by atoms with Gasteiger partial charge in [0, 0.05) is 4.88 Å². The van der Waals surface area contributed by atoms with Gasteiger partial charge >= 0.3 is 0 Å². The van der Waals surface area contributed by atoms with E-state index in [1.54, 1.807) is 29.5 Å². The average molecular weight is 447 g/mol. The molecule has 6 nitrogen and oxygen atoms in total. The summed E-state index contributed by atoms with van der Waals surface area (Å²) in [4.78, 5) is 30.5. The first kappa shape index (κ1) is 21.9. The third-order valence-corrected chi connectivity index (χ3v) is 6.42. The fraction of sp³-hybridized carbons (Fsp3) is 0.240. The molecule has 2 heterocycles. The first-order valence-electron chi connectivity index (χ1n) is 10.6. The lowest BCUT2D eigenvalue weighted by atomic mass is 9.98. The highest BCUT2D eigenvalue weighted by Crippen LogP contribution is 2.28. The number of rotatable bonds is 8. The summed E-state index contributed by atoms with van der Waals surface area (Å²) in [5.74, 6) is 0.361. The van der Waals surface area contributed by atoms with Crippen molar-refractivity contribution in [3.05, 3.63) is 98.2 Å². The molecule has 0 spiro atoms. The molecule has 0 radical (unpaired) electrons. The van der Waals surface area contributed by atoms with E-state index in [0.717, 1.165) is 10.4 Å². The quantitative estimate of drug-likeness (QED) is 0.429. The number of hydrogen-bond donors (Lipinski definition) is 2. The Hall–Kier alpha value is -3.29. The SMILES string of the molecule is CC(C)c1ccc(C(NCc2nc3ccccc3c(=O)n2CC(N)=O)c2cccs2)cc1. The van der Waals surface area contributed by atoms with Crippen molar-refractivity contribution in [3.63, 3.8) is 0 Å². The van der Waals surface area contributed by atoms with Crippen LogP contribution in [0.15, 0.2) is 70.8 Å². The number of nitrogens with two attached hydrogens (primary N) is 1. The van der Waals surface area contributed by atoms with Crippen LogP contribution in [0.2, 0.25) is 0 Å². The summed E-state index contributed by atoms with van der Waals surface area (Å²) < 4.78 is 1.37. The Balaban J connectivity index is 1.70. The normalized spacial score (nSPS) is 12.3. The summed E-state index contributed by atoms with van der Waals surface area (Å²) >= 11 is 1.67. The fourth-order valence-electron chi connectivity index (χ4n) is 3.77. The summed E-state index contributed by atoms with van der Waals surface area (Å²) in [5, 5.41) is 6.06. The number of fused-ring (bicyclic) bond motifs is 1. The fourth-order valence-corrected chi connectivity index (χ4v) is 4.60. The minimum Gasteiger partial charge on any atom is -0.368 e. The van der Waals surface area contributed by atoms with Gasteiger partial charge in [-0.05, 0) is 40.6 Å². The number of benzene rings is 2. The molecule has 0 saturated carbocycles. The molecule has 3 N–H and O–H groups in total. The van der Waals surface area contributed by atoms with Gasteiger partial charge in [-0.2, -0.15) is 0 Å². The number of para-hydroxylation sites is 1. The van der Waals surface area contributed by atoms with E-state index >= 15 is 0 Å².